The first-order valence-electron chi connectivity index (χ1n) is 22.5. The van der Waals surface area contributed by atoms with E-state index in [2.05, 4.69) is 69.1 Å². The monoisotopic (exact) mass is 890 g/mol. The van der Waals surface area contributed by atoms with E-state index in [1.54, 1.807) is 4.90 Å². The number of hydrogen-bond acceptors (Lipinski definition) is 10. The Morgan fingerprint density at radius 3 is 1.91 bits per heavy atom. The lowest BCUT2D eigenvalue weighted by molar-refractivity contribution is -0.153. The van der Waals surface area contributed by atoms with Crippen LogP contribution in [-0.2, 0) is 28.5 Å². The largest absolute Gasteiger partial charge is 0.453 e. The van der Waals surface area contributed by atoms with Crippen molar-refractivity contribution in [1.82, 2.24) is 40.4 Å². The molecule has 6 atom stereocenters. The molecule has 5 aromatic carbocycles. The number of likely N-dealkylation sites (tertiary alicyclic amines) is 2. The molecule has 5 heterocycles. The van der Waals surface area contributed by atoms with Gasteiger partial charge in [0.15, 0.2) is 5.79 Å². The van der Waals surface area contributed by atoms with Crippen LogP contribution in [0.15, 0.2) is 91.0 Å². The van der Waals surface area contributed by atoms with Crippen molar-refractivity contribution in [3.8, 4) is 11.1 Å². The Labute approximate surface area is 379 Å². The summed E-state index contributed by atoms with van der Waals surface area (Å²) < 4.78 is 21.9. The number of amides is 4. The van der Waals surface area contributed by atoms with Gasteiger partial charge in [0.1, 0.15) is 23.7 Å². The van der Waals surface area contributed by atoms with Gasteiger partial charge in [0.2, 0.25) is 5.91 Å². The Morgan fingerprint density at radius 1 is 0.727 bits per heavy atom. The number of benzene rings is 5. The standard InChI is InChI=1S/C50H50N8O8/c1-26(2)40(55-48(61)63-3)46(59)57-25-50(65-18-19-66-50)24-39(57)45-52-36-17-13-31-21-29(11-15-34(31)43(36)54-45)28-10-14-33-30(20-28)12-16-35-42(33)53-44(51-35)38-23-32-22-37(32)58(38)47(60)41(56-49(62)64-4)27-8-6-5-7-9-27/h5-17,20-21,26,32,37-41H,18-19,22-25H2,1-4H3,(H,51,53)(H,52,54)(H,55,61)(H,56,62)/t32-,37-,38+,39+,40?,41-/m1/s1. The summed E-state index contributed by atoms with van der Waals surface area (Å²) in [5, 5.41) is 9.49. The highest BCUT2D eigenvalue weighted by molar-refractivity contribution is 6.07. The van der Waals surface area contributed by atoms with E-state index in [0.717, 1.165) is 73.4 Å². The Kier molecular flexibility index (Phi) is 10.2. The first-order valence-corrected chi connectivity index (χ1v) is 22.5. The van der Waals surface area contributed by atoms with Crippen molar-refractivity contribution >= 4 is 67.6 Å². The predicted molar refractivity (Wildman–Crippen MR) is 245 cm³/mol. The van der Waals surface area contributed by atoms with Crippen LogP contribution in [0.5, 0.6) is 0 Å². The van der Waals surface area contributed by atoms with E-state index in [4.69, 9.17) is 28.9 Å². The third-order valence-electron chi connectivity index (χ3n) is 13.9. The van der Waals surface area contributed by atoms with Gasteiger partial charge in [0, 0.05) is 23.2 Å². The Hall–Kier alpha value is -7.04. The minimum Gasteiger partial charge on any atom is -0.453 e. The number of aromatic amines is 2. The summed E-state index contributed by atoms with van der Waals surface area (Å²) in [5.41, 5.74) is 6.12. The predicted octanol–water partition coefficient (Wildman–Crippen LogP) is 7.57. The summed E-state index contributed by atoms with van der Waals surface area (Å²) in [7, 11) is 2.57. The number of alkyl carbamates (subject to hydrolysis) is 2. The van der Waals surface area contributed by atoms with Crippen molar-refractivity contribution in [3.63, 3.8) is 0 Å². The van der Waals surface area contributed by atoms with E-state index in [-0.39, 0.29) is 36.4 Å². The molecule has 66 heavy (non-hydrogen) atoms. The van der Waals surface area contributed by atoms with E-state index in [0.29, 0.717) is 36.9 Å². The van der Waals surface area contributed by atoms with Gasteiger partial charge in [-0.05, 0) is 76.4 Å². The summed E-state index contributed by atoms with van der Waals surface area (Å²) >= 11 is 0. The minimum atomic E-state index is -0.954. The summed E-state index contributed by atoms with van der Waals surface area (Å²) in [6.45, 7) is 4.83. The molecule has 2 aromatic heterocycles. The Bertz CT molecular complexity index is 3070. The van der Waals surface area contributed by atoms with Crippen LogP contribution in [0.4, 0.5) is 9.59 Å². The van der Waals surface area contributed by atoms with Crippen LogP contribution >= 0.6 is 0 Å². The average Bonchev–Trinajstić information content (AvgIpc) is 3.94. The highest BCUT2D eigenvalue weighted by Crippen LogP contribution is 2.54. The molecule has 338 valence electrons. The molecule has 7 aromatic rings. The molecule has 1 aliphatic carbocycles. The summed E-state index contributed by atoms with van der Waals surface area (Å²) in [6.07, 6.45) is 0.782. The first kappa shape index (κ1) is 41.7. The van der Waals surface area contributed by atoms with Gasteiger partial charge >= 0.3 is 12.2 Å². The number of carbonyl (C=O) groups excluding carboxylic acids is 4. The number of fused-ring (bicyclic) bond motifs is 7. The zero-order valence-electron chi connectivity index (χ0n) is 37.0. The number of H-pyrrole nitrogens is 2. The van der Waals surface area contributed by atoms with Crippen molar-refractivity contribution in [2.45, 2.75) is 69.1 Å². The molecule has 4 aliphatic rings. The zero-order chi connectivity index (χ0) is 45.4. The van der Waals surface area contributed by atoms with E-state index >= 15 is 0 Å². The topological polar surface area (TPSA) is 193 Å². The highest BCUT2D eigenvalue weighted by Gasteiger charge is 2.56. The van der Waals surface area contributed by atoms with Gasteiger partial charge in [-0.3, -0.25) is 9.59 Å². The third-order valence-corrected chi connectivity index (χ3v) is 13.9. The van der Waals surface area contributed by atoms with Crippen LogP contribution < -0.4 is 10.6 Å². The lowest BCUT2D eigenvalue weighted by atomic mass is 9.98. The van der Waals surface area contributed by atoms with Gasteiger partial charge in [-0.25, -0.2) is 19.6 Å². The van der Waals surface area contributed by atoms with Gasteiger partial charge in [-0.15, -0.1) is 0 Å². The van der Waals surface area contributed by atoms with E-state index in [1.807, 2.05) is 61.2 Å². The fourth-order valence-electron chi connectivity index (χ4n) is 10.5. The average molecular weight is 891 g/mol. The van der Waals surface area contributed by atoms with Gasteiger partial charge < -0.3 is 49.3 Å². The van der Waals surface area contributed by atoms with Crippen molar-refractivity contribution in [3.05, 3.63) is 108 Å². The van der Waals surface area contributed by atoms with Crippen LogP contribution in [0.3, 0.4) is 0 Å². The number of ether oxygens (including phenoxy) is 4. The summed E-state index contributed by atoms with van der Waals surface area (Å²) in [4.78, 5) is 74.2. The van der Waals surface area contributed by atoms with Gasteiger partial charge in [-0.2, -0.15) is 0 Å². The number of rotatable bonds is 9. The number of aromatic nitrogens is 4. The third kappa shape index (κ3) is 7.15. The van der Waals surface area contributed by atoms with Crippen LogP contribution in [0.25, 0.3) is 54.7 Å². The number of nitrogens with zero attached hydrogens (tertiary/aromatic N) is 4. The number of imidazole rings is 2. The maximum atomic E-state index is 14.3. The number of hydrogen-bond donors (Lipinski definition) is 4. The van der Waals surface area contributed by atoms with Gasteiger partial charge in [-0.1, -0.05) is 80.6 Å². The van der Waals surface area contributed by atoms with Crippen molar-refractivity contribution in [1.29, 1.82) is 0 Å². The second-order valence-corrected chi connectivity index (χ2v) is 18.2. The molecular formula is C50H50N8O8. The van der Waals surface area contributed by atoms with E-state index in [9.17, 15) is 19.2 Å². The normalized spacial score (nSPS) is 21.8. The number of piperidine rings is 1. The molecule has 1 unspecified atom stereocenters. The maximum absolute atomic E-state index is 14.3. The fraction of sp³-hybridized carbons (Fsp3) is 0.360. The lowest BCUT2D eigenvalue weighted by Crippen LogP contribution is -2.52. The maximum Gasteiger partial charge on any atom is 0.407 e. The minimum absolute atomic E-state index is 0.0947. The molecule has 3 saturated heterocycles. The quantitative estimate of drug-likeness (QED) is 0.112. The zero-order valence-corrected chi connectivity index (χ0v) is 37.0. The second-order valence-electron chi connectivity index (χ2n) is 18.2. The highest BCUT2D eigenvalue weighted by atomic mass is 16.7. The lowest BCUT2D eigenvalue weighted by Gasteiger charge is -2.30. The van der Waals surface area contributed by atoms with Crippen molar-refractivity contribution in [2.75, 3.05) is 34.0 Å². The van der Waals surface area contributed by atoms with E-state index < -0.39 is 36.1 Å². The molecule has 16 nitrogen and oxygen atoms in total. The molecule has 4 N–H and O–H groups in total. The van der Waals surface area contributed by atoms with Crippen molar-refractivity contribution < 1.29 is 38.1 Å². The van der Waals surface area contributed by atoms with Gasteiger partial charge in [0.05, 0.1) is 68.1 Å². The Morgan fingerprint density at radius 2 is 1.32 bits per heavy atom. The van der Waals surface area contributed by atoms with Crippen LogP contribution in [0.2, 0.25) is 0 Å². The SMILES string of the molecule is COC(=O)NC(C(=O)N1CC2(C[C@H]1c1nc3c(ccc4cc(-c5ccc6c(ccc7[nH]c([C@@H]8C[C@H]9C[C@H]9N8C(=O)[C@H](NC(=O)OC)c8ccccc8)nc76)c5)ccc43)[nH]1)OCCO2)C(C)C. The number of nitrogens with one attached hydrogen (secondary N) is 4. The molecule has 0 bridgehead atoms. The van der Waals surface area contributed by atoms with Gasteiger partial charge in [0.25, 0.3) is 5.91 Å². The number of carbonyl (C=O) groups is 4. The first-order chi connectivity index (χ1) is 32.0. The molecule has 4 amide bonds. The van der Waals surface area contributed by atoms with E-state index in [1.165, 1.54) is 14.2 Å². The molecule has 16 heteroatoms. The fourth-order valence-corrected chi connectivity index (χ4v) is 10.5. The molecule has 1 saturated carbocycles. The van der Waals surface area contributed by atoms with Crippen LogP contribution in [0, 0.1) is 11.8 Å². The second kappa shape index (κ2) is 16.1. The van der Waals surface area contributed by atoms with Crippen molar-refractivity contribution in [2.24, 2.45) is 11.8 Å². The Balaban J connectivity index is 0.874. The van der Waals surface area contributed by atoms with Crippen LogP contribution in [0.1, 0.15) is 68.4 Å². The molecule has 4 fully saturated rings. The summed E-state index contributed by atoms with van der Waals surface area (Å²) in [6, 6.07) is 27.9. The van der Waals surface area contributed by atoms with Crippen LogP contribution in [-0.4, -0.2) is 106 Å². The molecule has 3 aliphatic heterocycles. The molecule has 11 rings (SSSR count). The molecular weight excluding hydrogens is 841 g/mol. The smallest absolute Gasteiger partial charge is 0.407 e. The summed E-state index contributed by atoms with van der Waals surface area (Å²) in [5.74, 6) is 0.138. The number of methoxy groups -OCH3 is 2. The molecule has 1 spiro atoms. The molecule has 0 radical (unpaired) electrons.